The molecule has 2 heterocycles. The lowest BCUT2D eigenvalue weighted by Gasteiger charge is -2.33. The molecule has 0 N–H and O–H groups in total. The van der Waals surface area contributed by atoms with Crippen LogP contribution in [-0.2, 0) is 22.3 Å². The standard InChI is InChI=1S/C17H22F2N4O2S/c1-14-4-2-3-5-15(14)13-26(24,25)22-10-8-21(9-11-22)12-16-20-6-7-23(16)17(18)19/h2-7,17H,8-13H2,1H3. The zero-order chi connectivity index (χ0) is 18.7. The Hall–Kier alpha value is -1.84. The van der Waals surface area contributed by atoms with Crippen molar-refractivity contribution in [2.45, 2.75) is 25.8 Å². The molecule has 3 rings (SSSR count). The first-order valence-corrected chi connectivity index (χ1v) is 10.0. The van der Waals surface area contributed by atoms with Crippen molar-refractivity contribution in [1.29, 1.82) is 0 Å². The van der Waals surface area contributed by atoms with Crippen molar-refractivity contribution in [3.05, 3.63) is 53.6 Å². The number of sulfonamides is 1. The molecule has 0 amide bonds. The van der Waals surface area contributed by atoms with Crippen molar-refractivity contribution in [2.24, 2.45) is 0 Å². The topological polar surface area (TPSA) is 58.4 Å². The second kappa shape index (κ2) is 7.81. The van der Waals surface area contributed by atoms with Crippen LogP contribution in [0.25, 0.3) is 0 Å². The minimum absolute atomic E-state index is 0.0184. The maximum Gasteiger partial charge on any atom is 0.319 e. The van der Waals surface area contributed by atoms with Crippen molar-refractivity contribution in [1.82, 2.24) is 18.8 Å². The van der Waals surface area contributed by atoms with Crippen LogP contribution in [0.2, 0.25) is 0 Å². The predicted molar refractivity (Wildman–Crippen MR) is 94.1 cm³/mol. The molecule has 0 atom stereocenters. The molecule has 0 unspecified atom stereocenters. The van der Waals surface area contributed by atoms with Crippen LogP contribution in [0.5, 0.6) is 0 Å². The number of rotatable bonds is 6. The number of hydrogen-bond acceptors (Lipinski definition) is 4. The highest BCUT2D eigenvalue weighted by Gasteiger charge is 2.28. The van der Waals surface area contributed by atoms with Crippen LogP contribution in [-0.4, -0.2) is 53.4 Å². The Morgan fingerprint density at radius 2 is 1.85 bits per heavy atom. The van der Waals surface area contributed by atoms with E-state index in [0.29, 0.717) is 26.2 Å². The summed E-state index contributed by atoms with van der Waals surface area (Å²) in [5.74, 6) is 0.270. The third-order valence-electron chi connectivity index (χ3n) is 4.65. The summed E-state index contributed by atoms with van der Waals surface area (Å²) in [6, 6.07) is 7.44. The molecule has 6 nitrogen and oxygen atoms in total. The first kappa shape index (κ1) is 18.9. The third-order valence-corrected chi connectivity index (χ3v) is 6.48. The monoisotopic (exact) mass is 384 g/mol. The Balaban J connectivity index is 1.59. The van der Waals surface area contributed by atoms with Gasteiger partial charge in [0.25, 0.3) is 0 Å². The summed E-state index contributed by atoms with van der Waals surface area (Å²) in [5, 5.41) is 0. The second-order valence-electron chi connectivity index (χ2n) is 6.39. The zero-order valence-corrected chi connectivity index (χ0v) is 15.4. The van der Waals surface area contributed by atoms with E-state index in [0.717, 1.165) is 15.7 Å². The highest BCUT2D eigenvalue weighted by atomic mass is 32.2. The maximum absolute atomic E-state index is 12.9. The van der Waals surface area contributed by atoms with Gasteiger partial charge < -0.3 is 0 Å². The Labute approximate surface area is 152 Å². The number of hydrogen-bond donors (Lipinski definition) is 0. The minimum Gasteiger partial charge on any atom is -0.293 e. The molecule has 26 heavy (non-hydrogen) atoms. The van der Waals surface area contributed by atoms with Crippen LogP contribution in [0.1, 0.15) is 23.5 Å². The highest BCUT2D eigenvalue weighted by molar-refractivity contribution is 7.88. The second-order valence-corrected chi connectivity index (χ2v) is 8.36. The first-order chi connectivity index (χ1) is 12.4. The van der Waals surface area contributed by atoms with E-state index in [1.165, 1.54) is 16.7 Å². The lowest BCUT2D eigenvalue weighted by atomic mass is 10.1. The summed E-state index contributed by atoms with van der Waals surface area (Å²) < 4.78 is 53.4. The Morgan fingerprint density at radius 3 is 2.50 bits per heavy atom. The number of imidazole rings is 1. The van der Waals surface area contributed by atoms with Gasteiger partial charge in [-0.1, -0.05) is 24.3 Å². The molecule has 0 bridgehead atoms. The quantitative estimate of drug-likeness (QED) is 0.766. The lowest BCUT2D eigenvalue weighted by Crippen LogP contribution is -2.48. The van der Waals surface area contributed by atoms with Gasteiger partial charge in [-0.15, -0.1) is 0 Å². The van der Waals surface area contributed by atoms with Crippen molar-refractivity contribution in [3.63, 3.8) is 0 Å². The molecule has 9 heteroatoms. The van der Waals surface area contributed by atoms with Crippen molar-refractivity contribution < 1.29 is 17.2 Å². The van der Waals surface area contributed by atoms with Crippen LogP contribution >= 0.6 is 0 Å². The molecule has 0 aliphatic carbocycles. The molecular weight excluding hydrogens is 362 g/mol. The van der Waals surface area contributed by atoms with Gasteiger partial charge in [-0.05, 0) is 18.1 Å². The zero-order valence-electron chi connectivity index (χ0n) is 14.6. The van der Waals surface area contributed by atoms with E-state index in [1.54, 1.807) is 0 Å². The van der Waals surface area contributed by atoms with Gasteiger partial charge in [-0.3, -0.25) is 9.47 Å². The summed E-state index contributed by atoms with van der Waals surface area (Å²) in [7, 11) is -3.40. The Morgan fingerprint density at radius 1 is 1.15 bits per heavy atom. The van der Waals surface area contributed by atoms with Crippen LogP contribution in [0.15, 0.2) is 36.7 Å². The van der Waals surface area contributed by atoms with Gasteiger partial charge in [-0.25, -0.2) is 13.4 Å². The molecule has 1 aromatic heterocycles. The number of alkyl halides is 2. The average molecular weight is 384 g/mol. The van der Waals surface area contributed by atoms with E-state index < -0.39 is 16.6 Å². The molecule has 1 saturated heterocycles. The fourth-order valence-electron chi connectivity index (χ4n) is 3.07. The molecule has 1 aromatic carbocycles. The summed E-state index contributed by atoms with van der Waals surface area (Å²) in [6.45, 7) is 1.24. The van der Waals surface area contributed by atoms with Gasteiger partial charge >= 0.3 is 6.55 Å². The van der Waals surface area contributed by atoms with Gasteiger partial charge in [0, 0.05) is 38.6 Å². The van der Waals surface area contributed by atoms with E-state index in [9.17, 15) is 17.2 Å². The highest BCUT2D eigenvalue weighted by Crippen LogP contribution is 2.18. The Kier molecular flexibility index (Phi) is 5.69. The molecule has 1 fully saturated rings. The first-order valence-electron chi connectivity index (χ1n) is 8.41. The van der Waals surface area contributed by atoms with Crippen LogP contribution in [0, 0.1) is 6.92 Å². The summed E-state index contributed by atoms with van der Waals surface area (Å²) in [4.78, 5) is 5.92. The van der Waals surface area contributed by atoms with Crippen molar-refractivity contribution in [3.8, 4) is 0 Å². The number of aromatic nitrogens is 2. The third kappa shape index (κ3) is 4.28. The number of benzene rings is 1. The van der Waals surface area contributed by atoms with Crippen LogP contribution in [0.4, 0.5) is 8.78 Å². The van der Waals surface area contributed by atoms with Crippen LogP contribution in [0.3, 0.4) is 0 Å². The van der Waals surface area contributed by atoms with Gasteiger partial charge in [0.15, 0.2) is 0 Å². The number of piperazine rings is 1. The van der Waals surface area contributed by atoms with E-state index in [2.05, 4.69) is 4.98 Å². The number of nitrogens with zero attached hydrogens (tertiary/aromatic N) is 4. The summed E-state index contributed by atoms with van der Waals surface area (Å²) in [5.41, 5.74) is 1.75. The normalized spacial score (nSPS) is 17.1. The van der Waals surface area contributed by atoms with E-state index in [1.807, 2.05) is 36.1 Å². The SMILES string of the molecule is Cc1ccccc1CS(=O)(=O)N1CCN(Cc2nccn2C(F)F)CC1. The smallest absolute Gasteiger partial charge is 0.293 e. The van der Waals surface area contributed by atoms with Crippen LogP contribution < -0.4 is 0 Å². The Bertz CT molecular complexity index is 846. The van der Waals surface area contributed by atoms with E-state index >= 15 is 0 Å². The van der Waals surface area contributed by atoms with Gasteiger partial charge in [0.05, 0.1) is 12.3 Å². The largest absolute Gasteiger partial charge is 0.319 e. The van der Waals surface area contributed by atoms with E-state index in [-0.39, 0.29) is 18.1 Å². The molecule has 142 valence electrons. The van der Waals surface area contributed by atoms with Gasteiger partial charge in [-0.2, -0.15) is 13.1 Å². The molecule has 1 aliphatic rings. The van der Waals surface area contributed by atoms with Crippen molar-refractivity contribution in [2.75, 3.05) is 26.2 Å². The van der Waals surface area contributed by atoms with Gasteiger partial charge in [0.2, 0.25) is 10.0 Å². The lowest BCUT2D eigenvalue weighted by molar-refractivity contribution is 0.0626. The molecule has 1 aliphatic heterocycles. The number of halogens is 2. The summed E-state index contributed by atoms with van der Waals surface area (Å²) >= 11 is 0. The molecule has 0 radical (unpaired) electrons. The average Bonchev–Trinajstić information content (AvgIpc) is 3.06. The summed E-state index contributed by atoms with van der Waals surface area (Å²) in [6.07, 6.45) is 2.60. The molecular formula is C17H22F2N4O2S. The van der Waals surface area contributed by atoms with Gasteiger partial charge in [0.1, 0.15) is 5.82 Å². The maximum atomic E-state index is 12.9. The predicted octanol–water partition coefficient (Wildman–Crippen LogP) is 2.23. The molecule has 2 aromatic rings. The van der Waals surface area contributed by atoms with Crippen molar-refractivity contribution >= 4 is 10.0 Å². The fourth-order valence-corrected chi connectivity index (χ4v) is 4.69. The number of aryl methyl sites for hydroxylation is 1. The van der Waals surface area contributed by atoms with E-state index in [4.69, 9.17) is 0 Å². The fraction of sp³-hybridized carbons (Fsp3) is 0.471. The molecule has 0 spiro atoms. The minimum atomic E-state index is -3.40. The molecule has 0 saturated carbocycles.